The molecule has 42 heavy (non-hydrogen) atoms. The van der Waals surface area contributed by atoms with Crippen LogP contribution in [0.1, 0.15) is 29.7 Å². The van der Waals surface area contributed by atoms with Crippen LogP contribution in [0.4, 0.5) is 0 Å². The number of halogens is 2. The summed E-state index contributed by atoms with van der Waals surface area (Å²) in [6.07, 6.45) is 3.47. The van der Waals surface area contributed by atoms with Gasteiger partial charge in [0.15, 0.2) is 4.80 Å². The predicted molar refractivity (Wildman–Crippen MR) is 172 cm³/mol. The second-order valence-electron chi connectivity index (χ2n) is 9.12. The quantitative estimate of drug-likeness (QED) is 0.157. The lowest BCUT2D eigenvalue weighted by Gasteiger charge is -2.26. The number of esters is 1. The zero-order chi connectivity index (χ0) is 29.8. The molecule has 0 radical (unpaired) electrons. The van der Waals surface area contributed by atoms with Gasteiger partial charge in [0.2, 0.25) is 0 Å². The molecular formula is C32H26Br2N2O5S. The highest BCUT2D eigenvalue weighted by atomic mass is 79.9. The Balaban J connectivity index is 1.76. The van der Waals surface area contributed by atoms with E-state index in [0.29, 0.717) is 38.7 Å². The van der Waals surface area contributed by atoms with E-state index in [-0.39, 0.29) is 12.2 Å². The van der Waals surface area contributed by atoms with Crippen LogP contribution in [0.5, 0.6) is 11.5 Å². The van der Waals surface area contributed by atoms with E-state index in [1.807, 2.05) is 54.6 Å². The standard InChI is InChI=1S/C32H26Br2N2O5S/c1-4-15-41-29-23(33)16-19(17-24(29)34)18-25-30(37)36-28(21-11-13-22(39-3)14-12-21)26(31(38)40-5-2)27(35-32(36)42-25)20-9-7-6-8-10-20/h4,6-14,16-18,28H,1,5,15H2,2-3H3/b25-18-/t28-/m1/s1. The second kappa shape index (κ2) is 13.1. The fourth-order valence-electron chi connectivity index (χ4n) is 4.64. The van der Waals surface area contributed by atoms with E-state index in [9.17, 15) is 9.59 Å². The third-order valence-electron chi connectivity index (χ3n) is 6.47. The van der Waals surface area contributed by atoms with Gasteiger partial charge in [0.1, 0.15) is 18.1 Å². The van der Waals surface area contributed by atoms with Crippen LogP contribution in [0.25, 0.3) is 11.8 Å². The summed E-state index contributed by atoms with van der Waals surface area (Å²) < 4.78 is 20.1. The van der Waals surface area contributed by atoms with Crippen LogP contribution < -0.4 is 24.4 Å². The first kappa shape index (κ1) is 29.8. The normalized spacial score (nSPS) is 14.7. The molecule has 214 valence electrons. The molecule has 4 aromatic rings. The zero-order valence-corrected chi connectivity index (χ0v) is 26.8. The van der Waals surface area contributed by atoms with Crippen LogP contribution in [0.2, 0.25) is 0 Å². The summed E-state index contributed by atoms with van der Waals surface area (Å²) in [5.41, 5.74) is 2.74. The minimum absolute atomic E-state index is 0.181. The average molecular weight is 710 g/mol. The molecule has 1 aromatic heterocycles. The topological polar surface area (TPSA) is 79.1 Å². The molecule has 0 fully saturated rings. The van der Waals surface area contributed by atoms with Crippen molar-refractivity contribution in [1.82, 2.24) is 4.57 Å². The highest BCUT2D eigenvalue weighted by Gasteiger charge is 2.35. The number of carbonyl (C=O) groups excluding carboxylic acids is 1. The van der Waals surface area contributed by atoms with E-state index in [4.69, 9.17) is 19.2 Å². The summed E-state index contributed by atoms with van der Waals surface area (Å²) in [5.74, 6) is 0.769. The number of rotatable bonds is 9. The van der Waals surface area contributed by atoms with Gasteiger partial charge in [-0.15, -0.1) is 0 Å². The van der Waals surface area contributed by atoms with Crippen LogP contribution in [0.3, 0.4) is 0 Å². The number of hydrogen-bond donors (Lipinski definition) is 0. The van der Waals surface area contributed by atoms with Gasteiger partial charge >= 0.3 is 5.97 Å². The maximum absolute atomic E-state index is 14.1. The van der Waals surface area contributed by atoms with Crippen molar-refractivity contribution in [2.75, 3.05) is 20.3 Å². The summed E-state index contributed by atoms with van der Waals surface area (Å²) in [6, 6.07) is 19.8. The molecule has 0 amide bonds. The Morgan fingerprint density at radius 2 is 1.79 bits per heavy atom. The zero-order valence-electron chi connectivity index (χ0n) is 22.8. The summed E-state index contributed by atoms with van der Waals surface area (Å²) >= 11 is 8.39. The Labute approximate surface area is 263 Å². The van der Waals surface area contributed by atoms with Gasteiger partial charge in [-0.1, -0.05) is 66.5 Å². The molecule has 0 bridgehead atoms. The van der Waals surface area contributed by atoms with Crippen molar-refractivity contribution in [3.63, 3.8) is 0 Å². The number of methoxy groups -OCH3 is 1. The molecule has 0 N–H and O–H groups in total. The van der Waals surface area contributed by atoms with Crippen molar-refractivity contribution in [3.8, 4) is 11.5 Å². The summed E-state index contributed by atoms with van der Waals surface area (Å²) in [6.45, 7) is 5.98. The van der Waals surface area contributed by atoms with Crippen molar-refractivity contribution in [3.05, 3.63) is 130 Å². The lowest BCUT2D eigenvalue weighted by Crippen LogP contribution is -2.40. The molecule has 0 spiro atoms. The Morgan fingerprint density at radius 1 is 1.10 bits per heavy atom. The van der Waals surface area contributed by atoms with Gasteiger partial charge in [0, 0.05) is 5.56 Å². The number of fused-ring (bicyclic) bond motifs is 1. The van der Waals surface area contributed by atoms with E-state index >= 15 is 0 Å². The van der Waals surface area contributed by atoms with Crippen LogP contribution in [-0.4, -0.2) is 30.9 Å². The van der Waals surface area contributed by atoms with Crippen LogP contribution >= 0.6 is 43.2 Å². The monoisotopic (exact) mass is 708 g/mol. The number of benzene rings is 3. The lowest BCUT2D eigenvalue weighted by molar-refractivity contribution is -0.138. The van der Waals surface area contributed by atoms with Gasteiger partial charge in [-0.3, -0.25) is 9.36 Å². The molecule has 0 aliphatic carbocycles. The Hall–Kier alpha value is -3.73. The third kappa shape index (κ3) is 5.92. The molecule has 2 heterocycles. The van der Waals surface area contributed by atoms with Crippen LogP contribution in [-0.2, 0) is 9.53 Å². The molecule has 3 aromatic carbocycles. The molecule has 7 nitrogen and oxygen atoms in total. The van der Waals surface area contributed by atoms with E-state index in [0.717, 1.165) is 25.6 Å². The minimum atomic E-state index is -0.767. The Bertz CT molecular complexity index is 1840. The van der Waals surface area contributed by atoms with Gasteiger partial charge < -0.3 is 14.2 Å². The summed E-state index contributed by atoms with van der Waals surface area (Å²) in [4.78, 5) is 33.0. The molecule has 1 aliphatic heterocycles. The van der Waals surface area contributed by atoms with Crippen molar-refractivity contribution in [2.24, 2.45) is 4.99 Å². The van der Waals surface area contributed by atoms with Gasteiger partial charge in [0.25, 0.3) is 5.56 Å². The fraction of sp³-hybridized carbons (Fsp3) is 0.156. The number of ether oxygens (including phenoxy) is 3. The molecule has 0 saturated carbocycles. The summed E-state index contributed by atoms with van der Waals surface area (Å²) in [7, 11) is 1.59. The molecule has 10 heteroatoms. The van der Waals surface area contributed by atoms with Crippen molar-refractivity contribution in [1.29, 1.82) is 0 Å². The second-order valence-corrected chi connectivity index (χ2v) is 11.8. The molecular weight excluding hydrogens is 684 g/mol. The van der Waals surface area contributed by atoms with Gasteiger partial charge in [-0.25, -0.2) is 9.79 Å². The summed E-state index contributed by atoms with van der Waals surface area (Å²) in [5, 5.41) is 0. The maximum atomic E-state index is 14.1. The highest BCUT2D eigenvalue weighted by molar-refractivity contribution is 9.11. The number of nitrogens with zero attached hydrogens (tertiary/aromatic N) is 2. The van der Waals surface area contributed by atoms with Crippen molar-refractivity contribution in [2.45, 2.75) is 13.0 Å². The lowest BCUT2D eigenvalue weighted by atomic mass is 9.93. The van der Waals surface area contributed by atoms with Gasteiger partial charge in [-0.05, 0) is 80.3 Å². The first-order valence-electron chi connectivity index (χ1n) is 13.0. The number of hydrogen-bond acceptors (Lipinski definition) is 7. The Morgan fingerprint density at radius 3 is 2.40 bits per heavy atom. The fourth-order valence-corrected chi connectivity index (χ4v) is 7.09. The van der Waals surface area contributed by atoms with Gasteiger partial charge in [0.05, 0.1) is 44.5 Å². The van der Waals surface area contributed by atoms with Crippen molar-refractivity contribution < 1.29 is 19.0 Å². The largest absolute Gasteiger partial charge is 0.497 e. The molecule has 0 saturated heterocycles. The minimum Gasteiger partial charge on any atom is -0.497 e. The van der Waals surface area contributed by atoms with E-state index < -0.39 is 12.0 Å². The third-order valence-corrected chi connectivity index (χ3v) is 8.63. The highest BCUT2D eigenvalue weighted by Crippen LogP contribution is 2.37. The maximum Gasteiger partial charge on any atom is 0.338 e. The van der Waals surface area contributed by atoms with E-state index in [2.05, 4.69) is 38.4 Å². The van der Waals surface area contributed by atoms with E-state index in [1.165, 1.54) is 11.3 Å². The molecule has 0 unspecified atom stereocenters. The van der Waals surface area contributed by atoms with Crippen LogP contribution in [0.15, 0.2) is 104 Å². The molecule has 1 atom stereocenters. The average Bonchev–Trinajstić information content (AvgIpc) is 3.30. The Kier molecular flexibility index (Phi) is 9.25. The van der Waals surface area contributed by atoms with Crippen LogP contribution in [0, 0.1) is 0 Å². The van der Waals surface area contributed by atoms with E-state index in [1.54, 1.807) is 42.9 Å². The number of carbonyl (C=O) groups is 1. The predicted octanol–water partition coefficient (Wildman–Crippen LogP) is 6.03. The first-order chi connectivity index (χ1) is 20.4. The van der Waals surface area contributed by atoms with Gasteiger partial charge in [-0.2, -0.15) is 0 Å². The molecule has 1 aliphatic rings. The molecule has 5 rings (SSSR count). The number of aromatic nitrogens is 1. The smallest absolute Gasteiger partial charge is 0.338 e. The SMILES string of the molecule is C=CCOc1c(Br)cc(/C=c2\sc3n(c2=O)[C@H](c2ccc(OC)cc2)C(C(=O)OCC)=C(c2ccccc2)N=3)cc1Br. The first-order valence-corrected chi connectivity index (χ1v) is 15.4. The number of thiazole rings is 1. The van der Waals surface area contributed by atoms with Crippen molar-refractivity contribution >= 4 is 60.9 Å².